The van der Waals surface area contributed by atoms with E-state index in [4.69, 9.17) is 4.74 Å². The van der Waals surface area contributed by atoms with E-state index in [1.807, 2.05) is 6.08 Å². The van der Waals surface area contributed by atoms with Gasteiger partial charge in [-0.2, -0.15) is 0 Å². The highest BCUT2D eigenvalue weighted by atomic mass is 16.5. The van der Waals surface area contributed by atoms with E-state index >= 15 is 0 Å². The highest BCUT2D eigenvalue weighted by molar-refractivity contribution is 5.92. The van der Waals surface area contributed by atoms with Crippen molar-refractivity contribution in [3.05, 3.63) is 11.6 Å². The number of ether oxygens (including phenoxy) is 1. The number of esters is 1. The predicted octanol–water partition coefficient (Wildman–Crippen LogP) is 5.37. The van der Waals surface area contributed by atoms with Gasteiger partial charge in [-0.1, -0.05) is 19.4 Å². The van der Waals surface area contributed by atoms with Gasteiger partial charge in [-0.25, -0.2) is 0 Å². The molecule has 0 amide bonds. The Labute approximate surface area is 187 Å². The van der Waals surface area contributed by atoms with Crippen LogP contribution in [0.15, 0.2) is 11.6 Å². The molecule has 0 aromatic rings. The van der Waals surface area contributed by atoms with Crippen molar-refractivity contribution < 1.29 is 19.4 Å². The van der Waals surface area contributed by atoms with Gasteiger partial charge in [0.2, 0.25) is 0 Å². The molecule has 5 aliphatic rings. The van der Waals surface area contributed by atoms with Crippen LogP contribution in [0.3, 0.4) is 0 Å². The Hall–Kier alpha value is -1.16. The van der Waals surface area contributed by atoms with Gasteiger partial charge >= 0.3 is 5.97 Å². The molecular formula is C27H40O4. The first kappa shape index (κ1) is 21.7. The Morgan fingerprint density at radius 3 is 2.65 bits per heavy atom. The van der Waals surface area contributed by atoms with Gasteiger partial charge in [-0.3, -0.25) is 9.59 Å². The number of aliphatic hydroxyl groups is 1. The van der Waals surface area contributed by atoms with E-state index in [9.17, 15) is 14.7 Å². The average Bonchev–Trinajstić information content (AvgIpc) is 3.34. The molecular weight excluding hydrogens is 388 g/mol. The lowest BCUT2D eigenvalue weighted by atomic mass is 9.45. The normalized spacial score (nSPS) is 44.9. The summed E-state index contributed by atoms with van der Waals surface area (Å²) in [5, 5.41) is 10.7. The first-order chi connectivity index (χ1) is 14.8. The number of ketones is 1. The lowest BCUT2D eigenvalue weighted by Crippen LogP contribution is -2.54. The first-order valence-corrected chi connectivity index (χ1v) is 12.9. The molecule has 172 valence electrons. The average molecular weight is 429 g/mol. The number of carbonyl (C=O) groups excluding carboxylic acids is 2. The van der Waals surface area contributed by atoms with Crippen LogP contribution in [0.4, 0.5) is 0 Å². The van der Waals surface area contributed by atoms with Crippen LogP contribution in [-0.4, -0.2) is 29.1 Å². The largest absolute Gasteiger partial charge is 0.462 e. The van der Waals surface area contributed by atoms with Crippen LogP contribution < -0.4 is 0 Å². The van der Waals surface area contributed by atoms with Gasteiger partial charge < -0.3 is 9.84 Å². The summed E-state index contributed by atoms with van der Waals surface area (Å²) in [6, 6.07) is 0. The molecule has 0 aromatic heterocycles. The van der Waals surface area contributed by atoms with Crippen molar-refractivity contribution in [2.75, 3.05) is 0 Å². The van der Waals surface area contributed by atoms with Crippen LogP contribution in [-0.2, 0) is 14.3 Å². The first-order valence-electron chi connectivity index (χ1n) is 12.9. The number of rotatable bonds is 4. The molecule has 31 heavy (non-hydrogen) atoms. The van der Waals surface area contributed by atoms with Gasteiger partial charge in [0.25, 0.3) is 0 Å². The summed E-state index contributed by atoms with van der Waals surface area (Å²) in [7, 11) is 0. The van der Waals surface area contributed by atoms with Gasteiger partial charge in [-0.05, 0) is 111 Å². The second-order valence-corrected chi connectivity index (χ2v) is 11.8. The third-order valence-electron chi connectivity index (χ3n) is 10.5. The monoisotopic (exact) mass is 428 g/mol. The van der Waals surface area contributed by atoms with E-state index in [0.29, 0.717) is 30.6 Å². The summed E-state index contributed by atoms with van der Waals surface area (Å²) < 4.78 is 5.72. The van der Waals surface area contributed by atoms with Crippen molar-refractivity contribution in [3.8, 4) is 0 Å². The predicted molar refractivity (Wildman–Crippen MR) is 119 cm³/mol. The summed E-state index contributed by atoms with van der Waals surface area (Å²) in [5.41, 5.74) is 1.43. The molecule has 4 heteroatoms. The minimum atomic E-state index is -0.155. The van der Waals surface area contributed by atoms with Gasteiger partial charge in [-0.15, -0.1) is 0 Å². The van der Waals surface area contributed by atoms with Crippen molar-refractivity contribution in [2.45, 2.75) is 110 Å². The highest BCUT2D eigenvalue weighted by Gasteiger charge is 2.60. The molecule has 0 heterocycles. The van der Waals surface area contributed by atoms with E-state index in [1.54, 1.807) is 0 Å². The lowest BCUT2D eigenvalue weighted by molar-refractivity contribution is -0.150. The number of hydrogen-bond donors (Lipinski definition) is 1. The number of carbonyl (C=O) groups is 2. The zero-order valence-electron chi connectivity index (χ0n) is 19.4. The topological polar surface area (TPSA) is 63.6 Å². The minimum absolute atomic E-state index is 0.0132. The number of allylic oxidation sites excluding steroid dienone is 1. The molecule has 0 bridgehead atoms. The molecule has 0 spiro atoms. The van der Waals surface area contributed by atoms with E-state index in [-0.39, 0.29) is 40.7 Å². The fourth-order valence-corrected chi connectivity index (χ4v) is 8.68. The van der Waals surface area contributed by atoms with Gasteiger partial charge in [0.15, 0.2) is 5.78 Å². The Kier molecular flexibility index (Phi) is 5.60. The minimum Gasteiger partial charge on any atom is -0.462 e. The van der Waals surface area contributed by atoms with E-state index in [1.165, 1.54) is 18.4 Å². The number of aliphatic hydroxyl groups excluding tert-OH is 1. The van der Waals surface area contributed by atoms with Crippen LogP contribution >= 0.6 is 0 Å². The fraction of sp³-hybridized carbons (Fsp3) is 0.852. The summed E-state index contributed by atoms with van der Waals surface area (Å²) in [6.45, 7) is 4.73. The Morgan fingerprint density at radius 2 is 1.87 bits per heavy atom. The molecule has 1 unspecified atom stereocenters. The van der Waals surface area contributed by atoms with Gasteiger partial charge in [0, 0.05) is 12.8 Å². The molecule has 5 aliphatic carbocycles. The maximum atomic E-state index is 12.6. The van der Waals surface area contributed by atoms with Crippen LogP contribution in [0.1, 0.15) is 97.3 Å². The SMILES string of the molecule is C[C@]12CC[C@H]3[C@@H](CCC4=CC(=O)CC(CCC(=O)OC5CCCC5)[C@@]43C)[C@@H]1CC[C@@H]2O. The van der Waals surface area contributed by atoms with E-state index < -0.39 is 0 Å². The fourth-order valence-electron chi connectivity index (χ4n) is 8.68. The van der Waals surface area contributed by atoms with Crippen molar-refractivity contribution in [2.24, 2.45) is 34.5 Å². The van der Waals surface area contributed by atoms with Crippen molar-refractivity contribution in [3.63, 3.8) is 0 Å². The molecule has 1 N–H and O–H groups in total. The lowest BCUT2D eigenvalue weighted by Gasteiger charge is -2.60. The van der Waals surface area contributed by atoms with Crippen LogP contribution in [0.5, 0.6) is 0 Å². The van der Waals surface area contributed by atoms with Crippen LogP contribution in [0.2, 0.25) is 0 Å². The van der Waals surface area contributed by atoms with Crippen molar-refractivity contribution in [1.29, 1.82) is 0 Å². The van der Waals surface area contributed by atoms with Gasteiger partial charge in [0.05, 0.1) is 6.10 Å². The molecule has 0 radical (unpaired) electrons. The standard InChI is InChI=1S/C27H40O4/c1-26-14-13-23-21(22(26)10-11-24(26)29)9-7-17-15-19(28)16-18(27(17,23)2)8-12-25(30)31-20-5-3-4-6-20/h15,18,20-24,29H,3-14,16H2,1-2H3/t18?,21-,22-,23-,24-,26-,27+/m0/s1. The summed E-state index contributed by atoms with van der Waals surface area (Å²) in [6.07, 6.45) is 14.5. The molecule has 0 saturated heterocycles. The second-order valence-electron chi connectivity index (χ2n) is 11.8. The molecule has 0 aliphatic heterocycles. The molecule has 5 rings (SSSR count). The second kappa shape index (κ2) is 8.01. The molecule has 4 saturated carbocycles. The Morgan fingerprint density at radius 1 is 1.10 bits per heavy atom. The zero-order valence-corrected chi connectivity index (χ0v) is 19.4. The third kappa shape index (κ3) is 3.52. The molecule has 4 nitrogen and oxygen atoms in total. The van der Waals surface area contributed by atoms with Gasteiger partial charge in [0.1, 0.15) is 6.10 Å². The van der Waals surface area contributed by atoms with Crippen LogP contribution in [0.25, 0.3) is 0 Å². The third-order valence-corrected chi connectivity index (χ3v) is 10.5. The number of fused-ring (bicyclic) bond motifs is 5. The number of hydrogen-bond acceptors (Lipinski definition) is 4. The van der Waals surface area contributed by atoms with Crippen LogP contribution in [0, 0.1) is 34.5 Å². The Bertz CT molecular complexity index is 765. The molecule has 4 fully saturated rings. The van der Waals surface area contributed by atoms with E-state index in [2.05, 4.69) is 13.8 Å². The summed E-state index contributed by atoms with van der Waals surface area (Å²) in [5.74, 6) is 2.22. The van der Waals surface area contributed by atoms with E-state index in [0.717, 1.165) is 57.8 Å². The molecule has 0 aromatic carbocycles. The summed E-state index contributed by atoms with van der Waals surface area (Å²) in [4.78, 5) is 25.2. The van der Waals surface area contributed by atoms with Crippen molar-refractivity contribution in [1.82, 2.24) is 0 Å². The Balaban J connectivity index is 1.34. The van der Waals surface area contributed by atoms with Crippen molar-refractivity contribution >= 4 is 11.8 Å². The summed E-state index contributed by atoms with van der Waals surface area (Å²) >= 11 is 0. The smallest absolute Gasteiger partial charge is 0.306 e. The maximum Gasteiger partial charge on any atom is 0.306 e. The quantitative estimate of drug-likeness (QED) is 0.611. The molecule has 7 atom stereocenters. The highest BCUT2D eigenvalue weighted by Crippen LogP contribution is 2.66. The zero-order chi connectivity index (χ0) is 21.8. The maximum absolute atomic E-state index is 12.6.